The average Bonchev–Trinajstić information content (AvgIpc) is 2.93. The molecule has 0 radical (unpaired) electrons. The van der Waals surface area contributed by atoms with Gasteiger partial charge in [-0.2, -0.15) is 0 Å². The third-order valence-corrected chi connectivity index (χ3v) is 4.00. The molecule has 1 aromatic heterocycles. The first-order valence-electron chi connectivity index (χ1n) is 5.51. The zero-order valence-corrected chi connectivity index (χ0v) is 10.9. The van der Waals surface area contributed by atoms with E-state index in [1.807, 2.05) is 0 Å². The van der Waals surface area contributed by atoms with Crippen molar-refractivity contribution < 1.29 is 19.4 Å². The molecule has 1 fully saturated rings. The van der Waals surface area contributed by atoms with Gasteiger partial charge in [0.05, 0.1) is 17.3 Å². The number of nitrogens with zero attached hydrogens (tertiary/aromatic N) is 2. The minimum Gasteiger partial charge on any atom is -0.480 e. The summed E-state index contributed by atoms with van der Waals surface area (Å²) in [7, 11) is 1.52. The topological polar surface area (TPSA) is 79.7 Å². The van der Waals surface area contributed by atoms with E-state index in [1.54, 1.807) is 12.4 Å². The van der Waals surface area contributed by atoms with Crippen molar-refractivity contribution in [3.8, 4) is 0 Å². The summed E-state index contributed by atoms with van der Waals surface area (Å²) in [6, 6.07) is -0.816. The fourth-order valence-electron chi connectivity index (χ4n) is 2.06. The highest BCUT2D eigenvalue weighted by Gasteiger charge is 2.40. The number of amides is 1. The lowest BCUT2D eigenvalue weighted by Gasteiger charge is -2.20. The van der Waals surface area contributed by atoms with Crippen molar-refractivity contribution in [3.63, 3.8) is 0 Å². The average molecular weight is 270 g/mol. The van der Waals surface area contributed by atoms with Gasteiger partial charge in [0.25, 0.3) is 5.91 Å². The van der Waals surface area contributed by atoms with E-state index in [-0.39, 0.29) is 12.0 Å². The molecule has 2 heterocycles. The third kappa shape index (κ3) is 2.23. The molecular weight excluding hydrogens is 256 g/mol. The van der Waals surface area contributed by atoms with Gasteiger partial charge in [-0.3, -0.25) is 4.79 Å². The van der Waals surface area contributed by atoms with Crippen LogP contribution in [0.5, 0.6) is 0 Å². The molecule has 2 rings (SSSR count). The number of methoxy groups -OCH3 is 1. The Morgan fingerprint density at radius 2 is 2.33 bits per heavy atom. The Morgan fingerprint density at radius 1 is 1.61 bits per heavy atom. The molecule has 1 aliphatic rings. The van der Waals surface area contributed by atoms with Gasteiger partial charge in [0.15, 0.2) is 0 Å². The number of carbonyl (C=O) groups excluding carboxylic acids is 1. The molecule has 1 N–H and O–H groups in total. The van der Waals surface area contributed by atoms with E-state index in [0.717, 1.165) is 0 Å². The van der Waals surface area contributed by atoms with E-state index in [0.29, 0.717) is 23.5 Å². The van der Waals surface area contributed by atoms with E-state index >= 15 is 0 Å². The summed E-state index contributed by atoms with van der Waals surface area (Å²) in [6.45, 7) is 2.05. The molecule has 7 heteroatoms. The van der Waals surface area contributed by atoms with E-state index in [1.165, 1.54) is 23.3 Å². The second kappa shape index (κ2) is 5.03. The number of ether oxygens (including phenoxy) is 1. The van der Waals surface area contributed by atoms with Crippen LogP contribution in [0, 0.1) is 6.92 Å². The Bertz CT molecular complexity index is 473. The van der Waals surface area contributed by atoms with Gasteiger partial charge in [-0.15, -0.1) is 11.3 Å². The van der Waals surface area contributed by atoms with Crippen LogP contribution in [0.1, 0.15) is 21.8 Å². The monoisotopic (exact) mass is 270 g/mol. The predicted molar refractivity (Wildman–Crippen MR) is 64.7 cm³/mol. The maximum atomic E-state index is 12.3. The van der Waals surface area contributed by atoms with Crippen LogP contribution in [0.4, 0.5) is 0 Å². The number of aryl methyl sites for hydroxylation is 1. The van der Waals surface area contributed by atoms with Crippen molar-refractivity contribution >= 4 is 23.2 Å². The number of thiazole rings is 1. The number of aromatic nitrogens is 1. The number of carboxylic acids is 1. The summed E-state index contributed by atoms with van der Waals surface area (Å²) in [5.74, 6) is -1.27. The molecular formula is C11H14N2O4S. The first kappa shape index (κ1) is 13.0. The van der Waals surface area contributed by atoms with Crippen LogP contribution in [-0.4, -0.2) is 52.7 Å². The fourth-order valence-corrected chi connectivity index (χ4v) is 2.82. The van der Waals surface area contributed by atoms with Crippen molar-refractivity contribution in [1.29, 1.82) is 0 Å². The molecule has 18 heavy (non-hydrogen) atoms. The quantitative estimate of drug-likeness (QED) is 0.877. The zero-order chi connectivity index (χ0) is 13.3. The van der Waals surface area contributed by atoms with Crippen molar-refractivity contribution in [3.05, 3.63) is 16.1 Å². The summed E-state index contributed by atoms with van der Waals surface area (Å²) in [5, 5.41) is 9.15. The van der Waals surface area contributed by atoms with Crippen LogP contribution in [0.2, 0.25) is 0 Å². The Labute approximate surface area is 108 Å². The SMILES string of the molecule is COC1CC(C(=O)O)N(C(=O)c2scnc2C)C1. The molecule has 1 saturated heterocycles. The predicted octanol–water partition coefficient (Wildman–Crippen LogP) is 0.766. The molecule has 98 valence electrons. The van der Waals surface area contributed by atoms with Gasteiger partial charge in [0, 0.05) is 20.1 Å². The second-order valence-corrected chi connectivity index (χ2v) is 5.03. The van der Waals surface area contributed by atoms with Crippen molar-refractivity contribution in [2.75, 3.05) is 13.7 Å². The van der Waals surface area contributed by atoms with Crippen LogP contribution in [0.25, 0.3) is 0 Å². The van der Waals surface area contributed by atoms with Gasteiger partial charge in [-0.1, -0.05) is 0 Å². The molecule has 0 aliphatic carbocycles. The molecule has 0 aromatic carbocycles. The third-order valence-electron chi connectivity index (χ3n) is 3.08. The smallest absolute Gasteiger partial charge is 0.326 e. The molecule has 1 aromatic rings. The highest BCUT2D eigenvalue weighted by molar-refractivity contribution is 7.11. The summed E-state index contributed by atoms with van der Waals surface area (Å²) >= 11 is 1.23. The van der Waals surface area contributed by atoms with Crippen LogP contribution in [0.15, 0.2) is 5.51 Å². The molecule has 1 amide bonds. The molecule has 2 unspecified atom stereocenters. The number of hydrogen-bond acceptors (Lipinski definition) is 5. The van der Waals surface area contributed by atoms with E-state index in [4.69, 9.17) is 9.84 Å². The van der Waals surface area contributed by atoms with Crippen LogP contribution < -0.4 is 0 Å². The lowest BCUT2D eigenvalue weighted by atomic mass is 10.2. The lowest BCUT2D eigenvalue weighted by molar-refractivity contribution is -0.141. The lowest BCUT2D eigenvalue weighted by Crippen LogP contribution is -2.40. The summed E-state index contributed by atoms with van der Waals surface area (Å²) in [5.41, 5.74) is 2.22. The minimum absolute atomic E-state index is 0.219. The number of carboxylic acid groups (broad SMARTS) is 1. The second-order valence-electron chi connectivity index (χ2n) is 4.17. The Morgan fingerprint density at radius 3 is 2.83 bits per heavy atom. The minimum atomic E-state index is -0.995. The maximum Gasteiger partial charge on any atom is 0.326 e. The summed E-state index contributed by atoms with van der Waals surface area (Å²) < 4.78 is 5.15. The van der Waals surface area contributed by atoms with Gasteiger partial charge < -0.3 is 14.7 Å². The number of aliphatic carboxylic acids is 1. The van der Waals surface area contributed by atoms with Gasteiger partial charge in [-0.05, 0) is 6.92 Å². The molecule has 0 spiro atoms. The molecule has 1 aliphatic heterocycles. The largest absolute Gasteiger partial charge is 0.480 e. The van der Waals surface area contributed by atoms with Gasteiger partial charge in [0.2, 0.25) is 0 Å². The van der Waals surface area contributed by atoms with Crippen LogP contribution in [0.3, 0.4) is 0 Å². The molecule has 6 nitrogen and oxygen atoms in total. The van der Waals surface area contributed by atoms with E-state index < -0.39 is 12.0 Å². The van der Waals surface area contributed by atoms with Crippen molar-refractivity contribution in [1.82, 2.24) is 9.88 Å². The highest BCUT2D eigenvalue weighted by Crippen LogP contribution is 2.25. The molecule has 0 saturated carbocycles. The van der Waals surface area contributed by atoms with Gasteiger partial charge in [-0.25, -0.2) is 9.78 Å². The highest BCUT2D eigenvalue weighted by atomic mass is 32.1. The van der Waals surface area contributed by atoms with Crippen LogP contribution in [-0.2, 0) is 9.53 Å². The number of likely N-dealkylation sites (tertiary alicyclic amines) is 1. The fraction of sp³-hybridized carbons (Fsp3) is 0.545. The van der Waals surface area contributed by atoms with Crippen LogP contribution >= 0.6 is 11.3 Å². The number of rotatable bonds is 3. The Hall–Kier alpha value is -1.47. The van der Waals surface area contributed by atoms with Crippen molar-refractivity contribution in [2.24, 2.45) is 0 Å². The van der Waals surface area contributed by atoms with Gasteiger partial charge in [0.1, 0.15) is 10.9 Å². The Balaban J connectivity index is 2.23. The zero-order valence-electron chi connectivity index (χ0n) is 10.1. The standard InChI is InChI=1S/C11H14N2O4S/c1-6-9(18-5-12-6)10(14)13-4-7(17-2)3-8(13)11(15)16/h5,7-8H,3-4H2,1-2H3,(H,15,16). The first-order valence-corrected chi connectivity index (χ1v) is 6.39. The molecule has 0 bridgehead atoms. The van der Waals surface area contributed by atoms with E-state index in [9.17, 15) is 9.59 Å². The number of carbonyl (C=O) groups is 2. The van der Waals surface area contributed by atoms with Crippen molar-refractivity contribution in [2.45, 2.75) is 25.5 Å². The first-order chi connectivity index (χ1) is 8.54. The number of hydrogen-bond donors (Lipinski definition) is 1. The van der Waals surface area contributed by atoms with Gasteiger partial charge >= 0.3 is 5.97 Å². The maximum absolute atomic E-state index is 12.3. The normalized spacial score (nSPS) is 23.3. The summed E-state index contributed by atoms with van der Waals surface area (Å²) in [6.07, 6.45) is 0.110. The summed E-state index contributed by atoms with van der Waals surface area (Å²) in [4.78, 5) is 29.3. The van der Waals surface area contributed by atoms with E-state index in [2.05, 4.69) is 4.98 Å². The molecule has 2 atom stereocenters. The Kier molecular flexibility index (Phi) is 3.63.